The minimum Gasteiger partial charge on any atom is -0.465 e. The van der Waals surface area contributed by atoms with Crippen LogP contribution in [0.1, 0.15) is 48.9 Å². The fourth-order valence-electron chi connectivity index (χ4n) is 8.30. The van der Waals surface area contributed by atoms with Crippen LogP contribution in [0.2, 0.25) is 0 Å². The van der Waals surface area contributed by atoms with Crippen LogP contribution in [0.15, 0.2) is 67.4 Å². The molecule has 9 rings (SSSR count). The van der Waals surface area contributed by atoms with E-state index in [-0.39, 0.29) is 0 Å². The van der Waals surface area contributed by atoms with Crippen molar-refractivity contribution >= 4 is 23.3 Å². The van der Waals surface area contributed by atoms with E-state index in [1.165, 1.54) is 45.6 Å². The molecule has 0 unspecified atom stereocenters. The Bertz CT molecular complexity index is 1740. The third kappa shape index (κ3) is 4.33. The van der Waals surface area contributed by atoms with Crippen LogP contribution in [-0.2, 0) is 11.3 Å². The molecule has 0 atom stereocenters. The van der Waals surface area contributed by atoms with Crippen LogP contribution < -0.4 is 5.32 Å². The first-order chi connectivity index (χ1) is 20.6. The molecule has 4 saturated carbocycles. The molecule has 4 aliphatic rings. The average Bonchev–Trinajstić information content (AvgIpc) is 3.63. The zero-order chi connectivity index (χ0) is 28.3. The SMILES string of the molecule is COC(=O)c1c(-c2cnn(CC34CC5CC(CC(C5)C3)C4)c2)ccn2c(-c3ccc(Nc4ccccn4)nn3)cnc12. The van der Waals surface area contributed by atoms with Crippen molar-refractivity contribution in [3.05, 3.63) is 72.9 Å². The number of methoxy groups -OCH3 is 1. The summed E-state index contributed by atoms with van der Waals surface area (Å²) in [6.45, 7) is 0.948. The van der Waals surface area contributed by atoms with Crippen LogP contribution in [0.25, 0.3) is 28.2 Å². The van der Waals surface area contributed by atoms with Gasteiger partial charge in [0, 0.05) is 36.3 Å². The lowest BCUT2D eigenvalue weighted by Crippen LogP contribution is -2.47. The van der Waals surface area contributed by atoms with E-state index >= 15 is 0 Å². The summed E-state index contributed by atoms with van der Waals surface area (Å²) in [6, 6.07) is 11.2. The van der Waals surface area contributed by atoms with Gasteiger partial charge in [0.1, 0.15) is 17.1 Å². The summed E-state index contributed by atoms with van der Waals surface area (Å²) in [5.41, 5.74) is 4.26. The number of carbonyl (C=O) groups excluding carboxylic acids is 1. The van der Waals surface area contributed by atoms with Gasteiger partial charge in [-0.15, -0.1) is 10.2 Å². The Hall–Kier alpha value is -4.60. The predicted molar refractivity (Wildman–Crippen MR) is 157 cm³/mol. The molecule has 42 heavy (non-hydrogen) atoms. The molecule has 10 nitrogen and oxygen atoms in total. The quantitative estimate of drug-likeness (QED) is 0.249. The lowest BCUT2D eigenvalue weighted by molar-refractivity contribution is -0.0635. The molecule has 5 aromatic heterocycles. The maximum atomic E-state index is 13.1. The number of nitrogens with one attached hydrogen (secondary N) is 1. The van der Waals surface area contributed by atoms with Crippen molar-refractivity contribution in [3.8, 4) is 22.5 Å². The van der Waals surface area contributed by atoms with E-state index in [2.05, 4.69) is 36.4 Å². The molecule has 0 saturated heterocycles. The molecule has 1 N–H and O–H groups in total. The number of nitrogens with zero attached hydrogens (tertiary/aromatic N) is 7. The van der Waals surface area contributed by atoms with Gasteiger partial charge in [-0.2, -0.15) is 5.10 Å². The second kappa shape index (κ2) is 9.75. The molecule has 4 fully saturated rings. The van der Waals surface area contributed by atoms with Crippen LogP contribution in [0.3, 0.4) is 0 Å². The zero-order valence-electron chi connectivity index (χ0n) is 23.5. The lowest BCUT2D eigenvalue weighted by Gasteiger charge is -2.56. The maximum Gasteiger partial charge on any atom is 0.342 e. The van der Waals surface area contributed by atoms with Crippen molar-refractivity contribution in [2.45, 2.75) is 45.1 Å². The monoisotopic (exact) mass is 560 g/mol. The Morgan fingerprint density at radius 2 is 1.79 bits per heavy atom. The second-order valence-electron chi connectivity index (χ2n) is 12.4. The van der Waals surface area contributed by atoms with Crippen molar-refractivity contribution in [2.24, 2.45) is 23.2 Å². The number of carbonyl (C=O) groups is 1. The van der Waals surface area contributed by atoms with Gasteiger partial charge in [-0.3, -0.25) is 9.08 Å². The highest BCUT2D eigenvalue weighted by Gasteiger charge is 2.51. The molecular formula is C32H32N8O2. The highest BCUT2D eigenvalue weighted by molar-refractivity contribution is 6.03. The second-order valence-corrected chi connectivity index (χ2v) is 12.4. The third-order valence-corrected chi connectivity index (χ3v) is 9.52. The molecular weight excluding hydrogens is 528 g/mol. The Morgan fingerprint density at radius 3 is 2.48 bits per heavy atom. The van der Waals surface area contributed by atoms with Crippen LogP contribution in [0, 0.1) is 23.2 Å². The lowest BCUT2D eigenvalue weighted by atomic mass is 9.49. The molecule has 10 heteroatoms. The number of hydrogen-bond acceptors (Lipinski definition) is 8. The van der Waals surface area contributed by atoms with Gasteiger partial charge in [0.25, 0.3) is 0 Å². The molecule has 5 aromatic rings. The summed E-state index contributed by atoms with van der Waals surface area (Å²) in [5.74, 6) is 3.51. The molecule has 212 valence electrons. The van der Waals surface area contributed by atoms with Gasteiger partial charge in [0.2, 0.25) is 0 Å². The van der Waals surface area contributed by atoms with E-state index in [4.69, 9.17) is 9.84 Å². The Morgan fingerprint density at radius 1 is 0.976 bits per heavy atom. The number of ether oxygens (including phenoxy) is 1. The summed E-state index contributed by atoms with van der Waals surface area (Å²) in [6.07, 6.45) is 17.5. The topological polar surface area (TPSA) is 112 Å². The van der Waals surface area contributed by atoms with Gasteiger partial charge >= 0.3 is 5.97 Å². The highest BCUT2D eigenvalue weighted by Crippen LogP contribution is 2.60. The van der Waals surface area contributed by atoms with Crippen molar-refractivity contribution < 1.29 is 9.53 Å². The molecule has 0 spiro atoms. The van der Waals surface area contributed by atoms with E-state index in [0.717, 1.165) is 41.1 Å². The first-order valence-electron chi connectivity index (χ1n) is 14.7. The number of pyridine rings is 2. The number of fused-ring (bicyclic) bond motifs is 1. The van der Waals surface area contributed by atoms with Gasteiger partial charge in [0.05, 0.1) is 25.2 Å². The summed E-state index contributed by atoms with van der Waals surface area (Å²) >= 11 is 0. The summed E-state index contributed by atoms with van der Waals surface area (Å²) in [7, 11) is 1.40. The summed E-state index contributed by atoms with van der Waals surface area (Å²) < 4.78 is 9.18. The fourth-order valence-corrected chi connectivity index (χ4v) is 8.30. The van der Waals surface area contributed by atoms with E-state index in [9.17, 15) is 4.79 Å². The van der Waals surface area contributed by atoms with Gasteiger partial charge in [-0.1, -0.05) is 6.07 Å². The molecule has 0 amide bonds. The van der Waals surface area contributed by atoms with Crippen molar-refractivity contribution in [1.82, 2.24) is 34.3 Å². The number of rotatable bonds is 7. The van der Waals surface area contributed by atoms with Crippen LogP contribution in [0.4, 0.5) is 11.6 Å². The van der Waals surface area contributed by atoms with Crippen molar-refractivity contribution in [3.63, 3.8) is 0 Å². The fraction of sp³-hybridized carbons (Fsp3) is 0.375. The first kappa shape index (κ1) is 25.1. The number of hydrogen-bond donors (Lipinski definition) is 1. The third-order valence-electron chi connectivity index (χ3n) is 9.52. The number of anilines is 2. The first-order valence-corrected chi connectivity index (χ1v) is 14.7. The number of esters is 1. The molecule has 5 heterocycles. The van der Waals surface area contributed by atoms with Crippen LogP contribution >= 0.6 is 0 Å². The van der Waals surface area contributed by atoms with Gasteiger partial charge < -0.3 is 10.1 Å². The smallest absolute Gasteiger partial charge is 0.342 e. The normalized spacial score (nSPS) is 24.3. The van der Waals surface area contributed by atoms with E-state index in [0.29, 0.717) is 34.0 Å². The van der Waals surface area contributed by atoms with Gasteiger partial charge in [-0.05, 0) is 92.0 Å². The van der Waals surface area contributed by atoms with Gasteiger partial charge in [-0.25, -0.2) is 14.8 Å². The molecule has 0 aliphatic heterocycles. The molecule has 0 aromatic carbocycles. The molecule has 4 bridgehead atoms. The largest absolute Gasteiger partial charge is 0.465 e. The zero-order valence-corrected chi connectivity index (χ0v) is 23.5. The van der Waals surface area contributed by atoms with Crippen molar-refractivity contribution in [2.75, 3.05) is 12.4 Å². The average molecular weight is 561 g/mol. The Labute approximate surface area is 243 Å². The van der Waals surface area contributed by atoms with Crippen LogP contribution in [-0.4, -0.2) is 47.4 Å². The van der Waals surface area contributed by atoms with E-state index < -0.39 is 5.97 Å². The highest BCUT2D eigenvalue weighted by atomic mass is 16.5. The van der Waals surface area contributed by atoms with Crippen LogP contribution in [0.5, 0.6) is 0 Å². The minimum absolute atomic E-state index is 0.370. The minimum atomic E-state index is -0.442. The summed E-state index contributed by atoms with van der Waals surface area (Å²) in [5, 5.41) is 16.6. The van der Waals surface area contributed by atoms with E-state index in [1.807, 2.05) is 53.2 Å². The Balaban J connectivity index is 1.10. The molecule has 0 radical (unpaired) electrons. The van der Waals surface area contributed by atoms with Crippen molar-refractivity contribution in [1.29, 1.82) is 0 Å². The predicted octanol–water partition coefficient (Wildman–Crippen LogP) is 5.80. The van der Waals surface area contributed by atoms with Gasteiger partial charge in [0.15, 0.2) is 11.5 Å². The maximum absolute atomic E-state index is 13.1. The number of imidazole rings is 1. The summed E-state index contributed by atoms with van der Waals surface area (Å²) in [4.78, 5) is 22.0. The molecule has 4 aliphatic carbocycles. The Kier molecular flexibility index (Phi) is 5.84. The number of aromatic nitrogens is 7. The van der Waals surface area contributed by atoms with E-state index in [1.54, 1.807) is 12.4 Å². The standard InChI is InChI=1S/C32H32N8O2/c1-42-31(41)29-24(23-16-35-39(18-23)19-32-13-20-10-21(14-32)12-22(11-20)15-32)7-9-40-26(17-34-30(29)40)25-5-6-28(38-37-25)36-27-4-2-3-8-33-27/h2-9,16-18,20-22H,10-15,19H2,1H3,(H,33,36,38).